The number of anilines is 1. The number of fused-ring (bicyclic) bond motifs is 1. The van der Waals surface area contributed by atoms with Gasteiger partial charge in [0, 0.05) is 44.6 Å². The molecule has 40 heavy (non-hydrogen) atoms. The Morgan fingerprint density at radius 1 is 1.00 bits per heavy atom. The zero-order chi connectivity index (χ0) is 28.7. The summed E-state index contributed by atoms with van der Waals surface area (Å²) in [5, 5.41) is 2.62. The van der Waals surface area contributed by atoms with Crippen molar-refractivity contribution >= 4 is 27.5 Å². The largest absolute Gasteiger partial charge is 0.454 e. The van der Waals surface area contributed by atoms with E-state index >= 15 is 0 Å². The lowest BCUT2D eigenvalue weighted by Gasteiger charge is -2.31. The van der Waals surface area contributed by atoms with Gasteiger partial charge >= 0.3 is 0 Å². The highest BCUT2D eigenvalue weighted by atomic mass is 32.2. The monoisotopic (exact) mass is 569 g/mol. The lowest BCUT2D eigenvalue weighted by atomic mass is 10.0. The molecule has 0 spiro atoms. The van der Waals surface area contributed by atoms with Crippen LogP contribution in [0.4, 0.5) is 10.1 Å². The van der Waals surface area contributed by atoms with E-state index in [4.69, 9.17) is 9.47 Å². The predicted octanol–water partition coefficient (Wildman–Crippen LogP) is 3.49. The third kappa shape index (κ3) is 7.09. The van der Waals surface area contributed by atoms with Gasteiger partial charge < -0.3 is 19.7 Å². The molecule has 3 aromatic carbocycles. The molecule has 1 aliphatic heterocycles. The average molecular weight is 570 g/mol. The van der Waals surface area contributed by atoms with E-state index < -0.39 is 27.8 Å². The predicted molar refractivity (Wildman–Crippen MR) is 149 cm³/mol. The molecule has 0 bridgehead atoms. The van der Waals surface area contributed by atoms with Gasteiger partial charge in [0.05, 0.1) is 11.9 Å². The summed E-state index contributed by atoms with van der Waals surface area (Å²) in [7, 11) is -2.20. The van der Waals surface area contributed by atoms with Gasteiger partial charge in [-0.3, -0.25) is 13.9 Å². The number of carbonyl (C=O) groups excluding carboxylic acids is 2. The second-order valence-corrected chi connectivity index (χ2v) is 11.3. The number of likely N-dealkylation sites (N-methyl/N-ethyl adjacent to an activating group) is 1. The molecule has 4 rings (SSSR count). The Bertz CT molecular complexity index is 1450. The molecule has 9 nitrogen and oxygen atoms in total. The van der Waals surface area contributed by atoms with E-state index in [1.165, 1.54) is 22.3 Å². The zero-order valence-corrected chi connectivity index (χ0v) is 23.2. The van der Waals surface area contributed by atoms with Crippen molar-refractivity contribution < 1.29 is 31.9 Å². The third-order valence-electron chi connectivity index (χ3n) is 6.61. The van der Waals surface area contributed by atoms with Gasteiger partial charge in [-0.15, -0.1) is 0 Å². The minimum Gasteiger partial charge on any atom is -0.454 e. The van der Waals surface area contributed by atoms with Gasteiger partial charge in [-0.05, 0) is 30.2 Å². The van der Waals surface area contributed by atoms with Gasteiger partial charge in [0.25, 0.3) is 0 Å². The van der Waals surface area contributed by atoms with E-state index in [2.05, 4.69) is 5.32 Å². The fourth-order valence-electron chi connectivity index (χ4n) is 4.57. The van der Waals surface area contributed by atoms with Crippen LogP contribution in [0.2, 0.25) is 0 Å². The van der Waals surface area contributed by atoms with Crippen LogP contribution in [0.3, 0.4) is 0 Å². The Morgan fingerprint density at radius 3 is 2.40 bits per heavy atom. The maximum absolute atomic E-state index is 14.6. The van der Waals surface area contributed by atoms with Crippen LogP contribution in [0, 0.1) is 5.82 Å². The van der Waals surface area contributed by atoms with Crippen molar-refractivity contribution in [2.24, 2.45) is 0 Å². The second kappa shape index (κ2) is 12.8. The van der Waals surface area contributed by atoms with Crippen molar-refractivity contribution in [2.75, 3.05) is 30.9 Å². The maximum atomic E-state index is 14.6. The van der Waals surface area contributed by atoms with Crippen molar-refractivity contribution in [2.45, 2.75) is 31.8 Å². The number of halogens is 1. The first kappa shape index (κ1) is 28.9. The fraction of sp³-hybridized carbons (Fsp3) is 0.310. The van der Waals surface area contributed by atoms with Crippen LogP contribution in [0.15, 0.2) is 72.8 Å². The molecule has 212 valence electrons. The Kier molecular flexibility index (Phi) is 9.26. The van der Waals surface area contributed by atoms with E-state index in [1.807, 2.05) is 30.3 Å². The maximum Gasteiger partial charge on any atom is 0.242 e. The van der Waals surface area contributed by atoms with Crippen LogP contribution in [-0.2, 0) is 32.6 Å². The molecule has 2 amide bonds. The highest BCUT2D eigenvalue weighted by molar-refractivity contribution is 7.92. The molecule has 0 radical (unpaired) electrons. The number of nitrogens with zero attached hydrogens (tertiary/aromatic N) is 2. The number of nitrogens with one attached hydrogen (secondary N) is 1. The van der Waals surface area contributed by atoms with Gasteiger partial charge in [0.1, 0.15) is 11.9 Å². The normalized spacial score (nSPS) is 13.0. The second-order valence-electron chi connectivity index (χ2n) is 9.41. The quantitative estimate of drug-likeness (QED) is 0.358. The molecule has 0 fully saturated rings. The summed E-state index contributed by atoms with van der Waals surface area (Å²) in [5.41, 5.74) is 1.50. The summed E-state index contributed by atoms with van der Waals surface area (Å²) in [4.78, 5) is 28.0. The van der Waals surface area contributed by atoms with Crippen LogP contribution in [0.25, 0.3) is 0 Å². The van der Waals surface area contributed by atoms with E-state index in [0.717, 1.165) is 11.8 Å². The topological polar surface area (TPSA) is 105 Å². The molecule has 0 aromatic heterocycles. The highest BCUT2D eigenvalue weighted by Gasteiger charge is 2.30. The van der Waals surface area contributed by atoms with Gasteiger partial charge in [0.2, 0.25) is 28.6 Å². The SMILES string of the molecule is CNC(=O)[C@H](Cc1ccccc1)N(Cc1ccccc1F)C(=O)CCCN(c1ccc2c(c1)OCO2)S(C)(=O)=O. The van der Waals surface area contributed by atoms with Gasteiger partial charge in [-0.25, -0.2) is 12.8 Å². The van der Waals surface area contributed by atoms with Crippen LogP contribution in [-0.4, -0.2) is 57.8 Å². The minimum atomic E-state index is -3.68. The summed E-state index contributed by atoms with van der Waals surface area (Å²) in [6, 6.07) is 19.3. The van der Waals surface area contributed by atoms with E-state index in [0.29, 0.717) is 17.2 Å². The average Bonchev–Trinajstić information content (AvgIpc) is 3.41. The van der Waals surface area contributed by atoms with Crippen molar-refractivity contribution in [1.29, 1.82) is 0 Å². The molecule has 1 atom stereocenters. The number of carbonyl (C=O) groups is 2. The number of benzene rings is 3. The minimum absolute atomic E-state index is 0.0150. The van der Waals surface area contributed by atoms with Crippen molar-refractivity contribution in [3.05, 3.63) is 89.7 Å². The van der Waals surface area contributed by atoms with Crippen molar-refractivity contribution in [3.63, 3.8) is 0 Å². The lowest BCUT2D eigenvalue weighted by Crippen LogP contribution is -2.50. The standard InChI is InChI=1S/C29H32FN3O6S/c1-31-29(35)25(17-21-9-4-3-5-10-21)32(19-22-11-6-7-12-24(22)30)28(34)13-8-16-33(40(2,36)37)23-14-15-26-27(18-23)39-20-38-26/h3-7,9-12,14-15,18,25H,8,13,16-17,19-20H2,1-2H3,(H,31,35)/t25-/m0/s1. The van der Waals surface area contributed by atoms with Crippen LogP contribution in [0.5, 0.6) is 11.5 Å². The molecular weight excluding hydrogens is 537 g/mol. The number of sulfonamides is 1. The number of hydrogen-bond donors (Lipinski definition) is 1. The number of rotatable bonds is 12. The Hall–Kier alpha value is -4.12. The first-order chi connectivity index (χ1) is 19.2. The van der Waals surface area contributed by atoms with Gasteiger partial charge in [0.15, 0.2) is 11.5 Å². The van der Waals surface area contributed by atoms with Gasteiger partial charge in [-0.1, -0.05) is 48.5 Å². The Morgan fingerprint density at radius 2 is 1.70 bits per heavy atom. The molecular formula is C29H32FN3O6S. The summed E-state index contributed by atoms with van der Waals surface area (Å²) in [6.07, 6.45) is 1.42. The van der Waals surface area contributed by atoms with E-state index in [1.54, 1.807) is 36.4 Å². The first-order valence-corrected chi connectivity index (χ1v) is 14.7. The molecule has 3 aromatic rings. The van der Waals surface area contributed by atoms with Crippen LogP contribution in [0.1, 0.15) is 24.0 Å². The summed E-state index contributed by atoms with van der Waals surface area (Å²) < 4.78 is 51.8. The summed E-state index contributed by atoms with van der Waals surface area (Å²) in [6.45, 7) is -0.0467. The Labute approximate surface area is 233 Å². The smallest absolute Gasteiger partial charge is 0.242 e. The molecule has 0 aliphatic carbocycles. The fourth-order valence-corrected chi connectivity index (χ4v) is 5.53. The molecule has 0 unspecified atom stereocenters. The van der Waals surface area contributed by atoms with Crippen LogP contribution < -0.4 is 19.1 Å². The van der Waals surface area contributed by atoms with Crippen LogP contribution >= 0.6 is 0 Å². The summed E-state index contributed by atoms with van der Waals surface area (Å²) in [5.74, 6) is -0.303. The third-order valence-corrected chi connectivity index (χ3v) is 7.81. The van der Waals surface area contributed by atoms with E-state index in [9.17, 15) is 22.4 Å². The number of amides is 2. The molecule has 11 heteroatoms. The highest BCUT2D eigenvalue weighted by Crippen LogP contribution is 2.36. The van der Waals surface area contributed by atoms with Gasteiger partial charge in [-0.2, -0.15) is 0 Å². The van der Waals surface area contributed by atoms with Crippen molar-refractivity contribution in [3.8, 4) is 11.5 Å². The van der Waals surface area contributed by atoms with E-state index in [-0.39, 0.29) is 50.6 Å². The van der Waals surface area contributed by atoms with Crippen molar-refractivity contribution in [1.82, 2.24) is 10.2 Å². The molecule has 0 saturated heterocycles. The molecule has 1 heterocycles. The molecule has 1 aliphatic rings. The zero-order valence-electron chi connectivity index (χ0n) is 22.4. The first-order valence-electron chi connectivity index (χ1n) is 12.8. The summed E-state index contributed by atoms with van der Waals surface area (Å²) >= 11 is 0. The lowest BCUT2D eigenvalue weighted by molar-refractivity contribution is -0.141. The Balaban J connectivity index is 1.55. The molecule has 1 N–H and O–H groups in total. The number of ether oxygens (including phenoxy) is 2. The number of hydrogen-bond acceptors (Lipinski definition) is 6. The molecule has 0 saturated carbocycles.